The van der Waals surface area contributed by atoms with Gasteiger partial charge in [-0.2, -0.15) is 5.06 Å². The second-order valence-corrected chi connectivity index (χ2v) is 16.4. The van der Waals surface area contributed by atoms with Crippen LogP contribution in [0.2, 0.25) is 0 Å². The SMILES string of the molecule is COc1c(CN2O[C@@H](CO)[C@@H]([C@H](C)O)[C@H]2C(=O)N[C@H]2C[C@H]3C[C@H]([C@@H]2C)C3(C)C)cccc1-c1cc(C(=O)N[C@@H](CO)CC(C)C)cc(N(C)C)c1. The van der Waals surface area contributed by atoms with Crippen LogP contribution in [0.5, 0.6) is 5.75 Å². The van der Waals surface area contributed by atoms with E-state index in [4.69, 9.17) is 9.57 Å². The summed E-state index contributed by atoms with van der Waals surface area (Å²) >= 11 is 0. The van der Waals surface area contributed by atoms with Gasteiger partial charge in [0.25, 0.3) is 5.91 Å². The molecule has 6 rings (SSSR count). The fourth-order valence-electron chi connectivity index (χ4n) is 9.00. The molecule has 5 N–H and O–H groups in total. The van der Waals surface area contributed by atoms with Gasteiger partial charge in [-0.15, -0.1) is 0 Å². The smallest absolute Gasteiger partial charge is 0.251 e. The molecule has 2 aromatic rings. The standard InChI is InChI=1S/C40H60N4O7/c1-22(2)13-29(20-45)41-38(48)27-14-26(15-30(16-27)43(7)8)31-12-10-11-25(37(31)50-9)19-44-36(35(24(4)47)34(21-46)51-44)39(49)42-33-18-28-17-32(23(33)3)40(28,5)6/h10-12,14-16,22-24,28-29,32-36,45-47H,13,17-21H2,1-9H3,(H,41,48)(H,42,49)/t23-,24-,28+,29+,32+,33-,34-,35+,36-/m0/s1. The molecule has 2 amide bonds. The van der Waals surface area contributed by atoms with Crippen LogP contribution >= 0.6 is 0 Å². The quantitative estimate of drug-likeness (QED) is 0.195. The maximum atomic E-state index is 14.2. The largest absolute Gasteiger partial charge is 0.496 e. The van der Waals surface area contributed by atoms with Crippen LogP contribution in [0.1, 0.15) is 76.7 Å². The molecule has 4 aliphatic rings. The van der Waals surface area contributed by atoms with E-state index in [9.17, 15) is 24.9 Å². The van der Waals surface area contributed by atoms with Crippen LogP contribution in [0.3, 0.4) is 0 Å². The van der Waals surface area contributed by atoms with E-state index in [0.717, 1.165) is 28.8 Å². The number of para-hydroxylation sites is 1. The number of hydrogen-bond donors (Lipinski definition) is 5. The zero-order chi connectivity index (χ0) is 37.4. The van der Waals surface area contributed by atoms with E-state index in [1.54, 1.807) is 19.1 Å². The highest BCUT2D eigenvalue weighted by atomic mass is 16.7. The normalized spacial score (nSPS) is 28.1. The van der Waals surface area contributed by atoms with Crippen molar-refractivity contribution in [3.63, 3.8) is 0 Å². The molecule has 4 fully saturated rings. The number of nitrogens with zero attached hydrogens (tertiary/aromatic N) is 2. The Kier molecular flexibility index (Phi) is 12.1. The lowest BCUT2D eigenvalue weighted by molar-refractivity contribution is -0.183. The Hall–Kier alpha value is -3.22. The molecular formula is C40H60N4O7. The minimum atomic E-state index is -0.906. The van der Waals surface area contributed by atoms with Gasteiger partial charge < -0.3 is 35.6 Å². The van der Waals surface area contributed by atoms with Crippen LogP contribution in [0, 0.1) is 35.0 Å². The first-order chi connectivity index (χ1) is 24.1. The van der Waals surface area contributed by atoms with E-state index in [0.29, 0.717) is 41.4 Å². The molecule has 51 heavy (non-hydrogen) atoms. The van der Waals surface area contributed by atoms with E-state index in [1.165, 1.54) is 6.42 Å². The first-order valence-electron chi connectivity index (χ1n) is 18.5. The van der Waals surface area contributed by atoms with Crippen molar-refractivity contribution in [2.75, 3.05) is 39.3 Å². The van der Waals surface area contributed by atoms with Crippen molar-refractivity contribution in [3.8, 4) is 16.9 Å². The lowest BCUT2D eigenvalue weighted by atomic mass is 9.45. The summed E-state index contributed by atoms with van der Waals surface area (Å²) in [7, 11) is 5.41. The number of ether oxygens (including phenoxy) is 1. The lowest BCUT2D eigenvalue weighted by Crippen LogP contribution is -2.62. The number of nitrogens with one attached hydrogen (secondary N) is 2. The molecule has 3 saturated carbocycles. The lowest BCUT2D eigenvalue weighted by Gasteiger charge is -2.62. The Morgan fingerprint density at radius 3 is 2.41 bits per heavy atom. The highest BCUT2D eigenvalue weighted by molar-refractivity contribution is 5.97. The molecule has 11 heteroatoms. The molecule has 3 aliphatic carbocycles. The molecule has 1 saturated heterocycles. The fraction of sp³-hybridized carbons (Fsp3) is 0.650. The molecular weight excluding hydrogens is 648 g/mol. The minimum Gasteiger partial charge on any atom is -0.496 e. The summed E-state index contributed by atoms with van der Waals surface area (Å²) in [6.45, 7) is 12.3. The second-order valence-electron chi connectivity index (χ2n) is 16.4. The monoisotopic (exact) mass is 708 g/mol. The molecule has 9 atom stereocenters. The number of hydroxylamine groups is 2. The highest BCUT2D eigenvalue weighted by Gasteiger charge is 2.57. The fourth-order valence-corrected chi connectivity index (χ4v) is 9.00. The number of methoxy groups -OCH3 is 1. The van der Waals surface area contributed by atoms with Crippen molar-refractivity contribution in [2.45, 2.75) is 97.7 Å². The predicted molar refractivity (Wildman–Crippen MR) is 198 cm³/mol. The average Bonchev–Trinajstić information content (AvgIpc) is 3.46. The molecule has 0 unspecified atom stereocenters. The number of fused-ring (bicyclic) bond motifs is 2. The zero-order valence-electron chi connectivity index (χ0n) is 31.8. The summed E-state index contributed by atoms with van der Waals surface area (Å²) in [4.78, 5) is 35.9. The van der Waals surface area contributed by atoms with Crippen LogP contribution in [-0.4, -0.2) is 96.9 Å². The van der Waals surface area contributed by atoms with E-state index in [-0.39, 0.29) is 49.1 Å². The maximum Gasteiger partial charge on any atom is 0.251 e. The summed E-state index contributed by atoms with van der Waals surface area (Å²) in [5, 5.41) is 39.0. The second kappa shape index (κ2) is 15.8. The molecule has 11 nitrogen and oxygen atoms in total. The number of rotatable bonds is 14. The molecule has 1 heterocycles. The summed E-state index contributed by atoms with van der Waals surface area (Å²) < 4.78 is 6.03. The van der Waals surface area contributed by atoms with E-state index in [1.807, 2.05) is 55.4 Å². The van der Waals surface area contributed by atoms with E-state index < -0.39 is 24.2 Å². The van der Waals surface area contributed by atoms with E-state index >= 15 is 0 Å². The zero-order valence-corrected chi connectivity index (χ0v) is 31.8. The Morgan fingerprint density at radius 1 is 1.12 bits per heavy atom. The first kappa shape index (κ1) is 39.0. The molecule has 0 aromatic heterocycles. The van der Waals surface area contributed by atoms with Gasteiger partial charge in [-0.1, -0.05) is 52.8 Å². The van der Waals surface area contributed by atoms with Gasteiger partial charge in [0, 0.05) is 48.4 Å². The van der Waals surface area contributed by atoms with Gasteiger partial charge in [0.05, 0.1) is 39.0 Å². The van der Waals surface area contributed by atoms with Crippen molar-refractivity contribution >= 4 is 17.5 Å². The van der Waals surface area contributed by atoms with Crippen molar-refractivity contribution in [1.82, 2.24) is 15.7 Å². The van der Waals surface area contributed by atoms with Crippen molar-refractivity contribution in [1.29, 1.82) is 0 Å². The molecule has 0 radical (unpaired) electrons. The van der Waals surface area contributed by atoms with Crippen LogP contribution in [-0.2, 0) is 16.2 Å². The molecule has 1 aliphatic heterocycles. The minimum absolute atomic E-state index is 0.0326. The number of amides is 2. The third kappa shape index (κ3) is 7.93. The topological polar surface area (TPSA) is 144 Å². The number of aliphatic hydroxyl groups is 3. The van der Waals surface area contributed by atoms with Gasteiger partial charge in [-0.25, -0.2) is 0 Å². The maximum absolute atomic E-state index is 14.2. The number of carbonyl (C=O) groups is 2. The van der Waals surface area contributed by atoms with Crippen molar-refractivity contribution < 1.29 is 34.5 Å². The Balaban J connectivity index is 1.45. The Labute approximate surface area is 303 Å². The summed E-state index contributed by atoms with van der Waals surface area (Å²) in [5.41, 5.74) is 3.79. The Bertz CT molecular complexity index is 1540. The number of hydrogen-bond acceptors (Lipinski definition) is 9. The van der Waals surface area contributed by atoms with Gasteiger partial charge in [-0.3, -0.25) is 14.4 Å². The molecule has 2 bridgehead atoms. The van der Waals surface area contributed by atoms with Gasteiger partial charge in [-0.05, 0) is 79.0 Å². The average molecular weight is 709 g/mol. The van der Waals surface area contributed by atoms with Crippen LogP contribution < -0.4 is 20.3 Å². The third-order valence-electron chi connectivity index (χ3n) is 12.0. The Morgan fingerprint density at radius 2 is 1.84 bits per heavy atom. The number of aliphatic hydroxyl groups excluding tert-OH is 3. The molecule has 0 spiro atoms. The van der Waals surface area contributed by atoms with Crippen molar-refractivity contribution in [2.24, 2.45) is 35.0 Å². The highest BCUT2D eigenvalue weighted by Crippen LogP contribution is 2.61. The van der Waals surface area contributed by atoms with Crippen LogP contribution in [0.25, 0.3) is 11.1 Å². The van der Waals surface area contributed by atoms with Crippen LogP contribution in [0.15, 0.2) is 36.4 Å². The third-order valence-corrected chi connectivity index (χ3v) is 12.0. The summed E-state index contributed by atoms with van der Waals surface area (Å²) in [6.07, 6.45) is 1.11. The predicted octanol–water partition coefficient (Wildman–Crippen LogP) is 4.23. The van der Waals surface area contributed by atoms with Gasteiger partial charge in [0.2, 0.25) is 5.91 Å². The first-order valence-corrected chi connectivity index (χ1v) is 18.5. The number of benzene rings is 2. The van der Waals surface area contributed by atoms with E-state index in [2.05, 4.69) is 45.3 Å². The van der Waals surface area contributed by atoms with Gasteiger partial charge in [0.1, 0.15) is 17.9 Å². The number of anilines is 1. The summed E-state index contributed by atoms with van der Waals surface area (Å²) in [5.74, 6) is 1.17. The van der Waals surface area contributed by atoms with Gasteiger partial charge in [0.15, 0.2) is 0 Å². The molecule has 282 valence electrons. The van der Waals surface area contributed by atoms with Crippen LogP contribution in [0.4, 0.5) is 5.69 Å². The number of carbonyl (C=O) groups excluding carboxylic acids is 2. The summed E-state index contributed by atoms with van der Waals surface area (Å²) in [6, 6.07) is 10.2. The molecule has 2 aromatic carbocycles. The van der Waals surface area contributed by atoms with Crippen molar-refractivity contribution in [3.05, 3.63) is 47.5 Å². The van der Waals surface area contributed by atoms with Gasteiger partial charge >= 0.3 is 0 Å².